The maximum absolute atomic E-state index is 12.7. The summed E-state index contributed by atoms with van der Waals surface area (Å²) in [5.41, 5.74) is 2.17. The molecule has 0 bridgehead atoms. The molecule has 0 fully saturated rings. The van der Waals surface area contributed by atoms with E-state index in [1.807, 2.05) is 38.1 Å². The van der Waals surface area contributed by atoms with E-state index in [9.17, 15) is 13.6 Å². The summed E-state index contributed by atoms with van der Waals surface area (Å²) in [6.45, 7) is 1.71. The van der Waals surface area contributed by atoms with E-state index in [0.29, 0.717) is 30.2 Å². The van der Waals surface area contributed by atoms with E-state index in [4.69, 9.17) is 4.74 Å². The first-order valence-electron chi connectivity index (χ1n) is 10.3. The van der Waals surface area contributed by atoms with E-state index in [-0.39, 0.29) is 24.1 Å². The van der Waals surface area contributed by atoms with Gasteiger partial charge >= 0.3 is 6.61 Å². The molecule has 3 N–H and O–H groups in total. The zero-order chi connectivity index (χ0) is 23.5. The molecule has 32 heavy (non-hydrogen) atoms. The maximum Gasteiger partial charge on any atom is 0.387 e. The Morgan fingerprint density at radius 3 is 2.50 bits per heavy atom. The Kier molecular flexibility index (Phi) is 9.72. The van der Waals surface area contributed by atoms with Gasteiger partial charge in [-0.1, -0.05) is 26.0 Å². The number of ether oxygens (including phenoxy) is 2. The molecule has 2 aromatic carbocycles. The highest BCUT2D eigenvalue weighted by Gasteiger charge is 2.12. The van der Waals surface area contributed by atoms with Crippen molar-refractivity contribution in [3.05, 3.63) is 53.6 Å². The molecule has 7 nitrogen and oxygen atoms in total. The van der Waals surface area contributed by atoms with Gasteiger partial charge < -0.3 is 25.4 Å². The lowest BCUT2D eigenvalue weighted by Gasteiger charge is -2.16. The largest absolute Gasteiger partial charge is 0.497 e. The van der Waals surface area contributed by atoms with Crippen LogP contribution in [0.5, 0.6) is 11.5 Å². The fourth-order valence-electron chi connectivity index (χ4n) is 2.96. The van der Waals surface area contributed by atoms with Crippen molar-refractivity contribution in [3.8, 4) is 11.5 Å². The molecule has 0 aliphatic rings. The molecule has 0 aliphatic carbocycles. The summed E-state index contributed by atoms with van der Waals surface area (Å²) < 4.78 is 35.1. The van der Waals surface area contributed by atoms with Crippen LogP contribution in [0.4, 0.5) is 14.5 Å². The van der Waals surface area contributed by atoms with Crippen molar-refractivity contribution in [1.29, 1.82) is 0 Å². The lowest BCUT2D eigenvalue weighted by molar-refractivity contribution is -0.116. The standard InChI is InChI=1S/C23H30F2N4O3/c1-15(2)10-21(30)29-18-7-5-6-16(11-18)13-27-23(26-3)28-14-17-12-19(31-4)8-9-20(17)32-22(24)25/h5-9,11-12,15,22H,10,13-14H2,1-4H3,(H,29,30)(H2,26,27,28). The molecule has 0 saturated heterocycles. The predicted octanol–water partition coefficient (Wildman–Crippen LogP) is 4.15. The van der Waals surface area contributed by atoms with Crippen LogP contribution in [0, 0.1) is 5.92 Å². The van der Waals surface area contributed by atoms with Crippen LogP contribution in [-0.2, 0) is 17.9 Å². The summed E-state index contributed by atoms with van der Waals surface area (Å²) in [4.78, 5) is 16.1. The third-order valence-corrected chi connectivity index (χ3v) is 4.42. The van der Waals surface area contributed by atoms with Crippen molar-refractivity contribution in [1.82, 2.24) is 10.6 Å². The normalized spacial score (nSPS) is 11.4. The van der Waals surface area contributed by atoms with Gasteiger partial charge in [0.2, 0.25) is 5.91 Å². The molecular formula is C23H30F2N4O3. The molecule has 2 rings (SSSR count). The number of nitrogens with zero attached hydrogens (tertiary/aromatic N) is 1. The highest BCUT2D eigenvalue weighted by molar-refractivity contribution is 5.90. The molecule has 0 atom stereocenters. The maximum atomic E-state index is 12.7. The zero-order valence-corrected chi connectivity index (χ0v) is 18.7. The van der Waals surface area contributed by atoms with E-state index >= 15 is 0 Å². The molecule has 0 heterocycles. The first kappa shape index (κ1) is 24.9. The average molecular weight is 449 g/mol. The number of nitrogens with one attached hydrogen (secondary N) is 3. The fourth-order valence-corrected chi connectivity index (χ4v) is 2.96. The summed E-state index contributed by atoms with van der Waals surface area (Å²) in [6, 6.07) is 12.1. The van der Waals surface area contributed by atoms with Gasteiger partial charge in [-0.05, 0) is 41.8 Å². The van der Waals surface area contributed by atoms with E-state index in [1.54, 1.807) is 19.2 Å². The van der Waals surface area contributed by atoms with Crippen molar-refractivity contribution < 1.29 is 23.0 Å². The number of methoxy groups -OCH3 is 1. The van der Waals surface area contributed by atoms with Gasteiger partial charge in [0.15, 0.2) is 5.96 Å². The minimum atomic E-state index is -2.92. The van der Waals surface area contributed by atoms with Crippen LogP contribution < -0.4 is 25.4 Å². The minimum absolute atomic E-state index is 0.0253. The number of carbonyl (C=O) groups excluding carboxylic acids is 1. The molecular weight excluding hydrogens is 418 g/mol. The molecule has 174 valence electrons. The number of hydrogen-bond acceptors (Lipinski definition) is 4. The lowest BCUT2D eigenvalue weighted by atomic mass is 10.1. The summed E-state index contributed by atoms with van der Waals surface area (Å²) in [5, 5.41) is 9.14. The van der Waals surface area contributed by atoms with E-state index in [2.05, 4.69) is 25.7 Å². The number of halogens is 2. The third kappa shape index (κ3) is 8.41. The predicted molar refractivity (Wildman–Crippen MR) is 121 cm³/mol. The Hall–Kier alpha value is -3.36. The second-order valence-electron chi connectivity index (χ2n) is 7.48. The second kappa shape index (κ2) is 12.5. The number of guanidine groups is 1. The third-order valence-electron chi connectivity index (χ3n) is 4.42. The molecule has 0 aromatic heterocycles. The Morgan fingerprint density at radius 2 is 1.84 bits per heavy atom. The summed E-state index contributed by atoms with van der Waals surface area (Å²) >= 11 is 0. The molecule has 0 unspecified atom stereocenters. The number of hydrogen-bond donors (Lipinski definition) is 3. The van der Waals surface area contributed by atoms with Gasteiger partial charge in [-0.2, -0.15) is 8.78 Å². The summed E-state index contributed by atoms with van der Waals surface area (Å²) in [7, 11) is 3.11. The van der Waals surface area contributed by atoms with Gasteiger partial charge in [0.05, 0.1) is 7.11 Å². The van der Waals surface area contributed by atoms with Crippen LogP contribution in [0.2, 0.25) is 0 Å². The highest BCUT2D eigenvalue weighted by atomic mass is 19.3. The van der Waals surface area contributed by atoms with Gasteiger partial charge in [-0.3, -0.25) is 9.79 Å². The topological polar surface area (TPSA) is 84.0 Å². The SMILES string of the molecule is CN=C(NCc1cccc(NC(=O)CC(C)C)c1)NCc1cc(OC)ccc1OC(F)F. The van der Waals surface area contributed by atoms with Crippen molar-refractivity contribution in [2.75, 3.05) is 19.5 Å². The van der Waals surface area contributed by atoms with E-state index in [0.717, 1.165) is 11.3 Å². The number of rotatable bonds is 10. The number of carbonyl (C=O) groups is 1. The van der Waals surface area contributed by atoms with Crippen LogP contribution in [0.3, 0.4) is 0 Å². The van der Waals surface area contributed by atoms with Crippen molar-refractivity contribution in [2.24, 2.45) is 10.9 Å². The van der Waals surface area contributed by atoms with Crippen molar-refractivity contribution >= 4 is 17.6 Å². The second-order valence-corrected chi connectivity index (χ2v) is 7.48. The Balaban J connectivity index is 1.97. The number of anilines is 1. The lowest BCUT2D eigenvalue weighted by Crippen LogP contribution is -2.36. The Morgan fingerprint density at radius 1 is 1.09 bits per heavy atom. The summed E-state index contributed by atoms with van der Waals surface area (Å²) in [5.74, 6) is 1.33. The molecule has 0 spiro atoms. The molecule has 0 aliphatic heterocycles. The Labute approximate surface area is 187 Å². The van der Waals surface area contributed by atoms with Crippen LogP contribution in [0.1, 0.15) is 31.4 Å². The average Bonchev–Trinajstić information content (AvgIpc) is 2.74. The number of amides is 1. The molecule has 9 heteroatoms. The first-order valence-corrected chi connectivity index (χ1v) is 10.3. The van der Waals surface area contributed by atoms with E-state index in [1.165, 1.54) is 13.2 Å². The van der Waals surface area contributed by atoms with Crippen molar-refractivity contribution in [3.63, 3.8) is 0 Å². The van der Waals surface area contributed by atoms with Crippen LogP contribution >= 0.6 is 0 Å². The fraction of sp³-hybridized carbons (Fsp3) is 0.391. The van der Waals surface area contributed by atoms with Crippen LogP contribution in [0.15, 0.2) is 47.5 Å². The number of alkyl halides is 2. The smallest absolute Gasteiger partial charge is 0.387 e. The quantitative estimate of drug-likeness (QED) is 0.376. The molecule has 2 aromatic rings. The van der Waals surface area contributed by atoms with Gasteiger partial charge in [0, 0.05) is 37.8 Å². The Bertz CT molecular complexity index is 920. The van der Waals surface area contributed by atoms with Gasteiger partial charge in [-0.25, -0.2) is 0 Å². The highest BCUT2D eigenvalue weighted by Crippen LogP contribution is 2.25. The van der Waals surface area contributed by atoms with Gasteiger partial charge in [0.25, 0.3) is 0 Å². The summed E-state index contributed by atoms with van der Waals surface area (Å²) in [6.07, 6.45) is 0.459. The van der Waals surface area contributed by atoms with Crippen molar-refractivity contribution in [2.45, 2.75) is 40.0 Å². The number of benzene rings is 2. The van der Waals surface area contributed by atoms with Gasteiger partial charge in [0.1, 0.15) is 11.5 Å². The molecule has 1 amide bonds. The molecule has 0 saturated carbocycles. The molecule has 0 radical (unpaired) electrons. The minimum Gasteiger partial charge on any atom is -0.497 e. The monoisotopic (exact) mass is 448 g/mol. The zero-order valence-electron chi connectivity index (χ0n) is 18.7. The van der Waals surface area contributed by atoms with Crippen LogP contribution in [-0.4, -0.2) is 32.6 Å². The first-order chi connectivity index (χ1) is 15.3. The van der Waals surface area contributed by atoms with Crippen LogP contribution in [0.25, 0.3) is 0 Å². The number of aliphatic imine (C=N–C) groups is 1. The van der Waals surface area contributed by atoms with E-state index < -0.39 is 6.61 Å². The van der Waals surface area contributed by atoms with Gasteiger partial charge in [-0.15, -0.1) is 0 Å².